The molecule has 5 nitrogen and oxygen atoms in total. The fraction of sp³-hybridized carbons (Fsp3) is 0.381. The number of hydrogen-bond acceptors (Lipinski definition) is 4. The van der Waals surface area contributed by atoms with Crippen LogP contribution >= 0.6 is 0 Å². The number of nitrogens with one attached hydrogen (secondary N) is 1. The predicted octanol–water partition coefficient (Wildman–Crippen LogP) is 3.78. The van der Waals surface area contributed by atoms with Gasteiger partial charge in [-0.05, 0) is 49.9 Å². The molecule has 1 aliphatic heterocycles. The summed E-state index contributed by atoms with van der Waals surface area (Å²) in [6.45, 7) is 3.04. The van der Waals surface area contributed by atoms with Crippen molar-refractivity contribution in [3.05, 3.63) is 77.9 Å². The summed E-state index contributed by atoms with van der Waals surface area (Å²) in [7, 11) is 0. The number of pyridine rings is 2. The maximum Gasteiger partial charge on any atom is 0.125 e. The van der Waals surface area contributed by atoms with Crippen molar-refractivity contribution >= 4 is 0 Å². The summed E-state index contributed by atoms with van der Waals surface area (Å²) >= 11 is 0. The second-order valence-electron chi connectivity index (χ2n) is 6.96. The maximum atomic E-state index is 4.66. The molecule has 0 amide bonds. The van der Waals surface area contributed by atoms with E-state index in [1.165, 1.54) is 17.7 Å². The third kappa shape index (κ3) is 3.68. The summed E-state index contributed by atoms with van der Waals surface area (Å²) in [5.74, 6) is 1.12. The molecule has 3 aromatic rings. The first-order valence-corrected chi connectivity index (χ1v) is 9.40. The molecule has 1 N–H and O–H groups in total. The lowest BCUT2D eigenvalue weighted by atomic mass is 9.94. The lowest BCUT2D eigenvalue weighted by Gasteiger charge is -2.31. The average molecular weight is 347 g/mol. The van der Waals surface area contributed by atoms with Crippen molar-refractivity contribution in [2.24, 2.45) is 0 Å². The minimum Gasteiger partial charge on any atom is -0.333 e. The van der Waals surface area contributed by atoms with E-state index < -0.39 is 0 Å². The van der Waals surface area contributed by atoms with Gasteiger partial charge in [0.25, 0.3) is 0 Å². The molecule has 4 heterocycles. The molecule has 0 radical (unpaired) electrons. The van der Waals surface area contributed by atoms with Crippen LogP contribution in [0.25, 0.3) is 0 Å². The first-order chi connectivity index (χ1) is 12.8. The number of nitrogens with zero attached hydrogens (tertiary/aromatic N) is 4. The van der Waals surface area contributed by atoms with Gasteiger partial charge in [-0.25, -0.2) is 4.98 Å². The Morgan fingerprint density at radius 3 is 2.73 bits per heavy atom. The van der Waals surface area contributed by atoms with Crippen LogP contribution in [0, 0.1) is 6.92 Å². The smallest absolute Gasteiger partial charge is 0.125 e. The van der Waals surface area contributed by atoms with Gasteiger partial charge in [0, 0.05) is 43.4 Å². The number of hydrogen-bond donors (Lipinski definition) is 1. The zero-order valence-corrected chi connectivity index (χ0v) is 15.2. The molecule has 134 valence electrons. The molecule has 5 heteroatoms. The highest BCUT2D eigenvalue weighted by atomic mass is 15.1. The Balaban J connectivity index is 1.48. The summed E-state index contributed by atoms with van der Waals surface area (Å²) in [5.41, 5.74) is 3.54. The van der Waals surface area contributed by atoms with Crippen LogP contribution in [0.5, 0.6) is 0 Å². The average Bonchev–Trinajstić information content (AvgIpc) is 3.16. The Morgan fingerprint density at radius 1 is 1.00 bits per heavy atom. The Kier molecular flexibility index (Phi) is 5.07. The molecule has 1 saturated heterocycles. The van der Waals surface area contributed by atoms with E-state index in [2.05, 4.69) is 50.1 Å². The normalized spacial score (nSPS) is 20.2. The van der Waals surface area contributed by atoms with E-state index in [4.69, 9.17) is 0 Å². The number of piperidine rings is 1. The highest BCUT2D eigenvalue weighted by Gasteiger charge is 2.27. The second kappa shape index (κ2) is 7.79. The minimum atomic E-state index is 0.272. The van der Waals surface area contributed by atoms with Crippen molar-refractivity contribution in [2.75, 3.05) is 0 Å². The second-order valence-corrected chi connectivity index (χ2v) is 6.96. The van der Waals surface area contributed by atoms with E-state index >= 15 is 0 Å². The number of aryl methyl sites for hydroxylation is 3. The molecule has 1 fully saturated rings. The van der Waals surface area contributed by atoms with Gasteiger partial charge in [0.1, 0.15) is 5.82 Å². The molecular weight excluding hydrogens is 322 g/mol. The highest BCUT2D eigenvalue weighted by Crippen LogP contribution is 2.32. The summed E-state index contributed by atoms with van der Waals surface area (Å²) in [6, 6.07) is 10.8. The molecule has 0 aromatic carbocycles. The molecule has 0 aliphatic carbocycles. The first kappa shape index (κ1) is 16.9. The van der Waals surface area contributed by atoms with Gasteiger partial charge in [-0.15, -0.1) is 0 Å². The van der Waals surface area contributed by atoms with E-state index in [-0.39, 0.29) is 6.04 Å². The maximum absolute atomic E-state index is 4.66. The Morgan fingerprint density at radius 2 is 1.88 bits per heavy atom. The fourth-order valence-electron chi connectivity index (χ4n) is 3.82. The van der Waals surface area contributed by atoms with Crippen LogP contribution in [0.4, 0.5) is 0 Å². The van der Waals surface area contributed by atoms with Gasteiger partial charge in [0.15, 0.2) is 0 Å². The fourth-order valence-corrected chi connectivity index (χ4v) is 3.82. The molecule has 4 rings (SSSR count). The Bertz CT molecular complexity index is 842. The zero-order chi connectivity index (χ0) is 17.8. The Labute approximate surface area is 154 Å². The first-order valence-electron chi connectivity index (χ1n) is 9.40. The van der Waals surface area contributed by atoms with Crippen molar-refractivity contribution in [2.45, 2.75) is 51.2 Å². The van der Waals surface area contributed by atoms with Crippen molar-refractivity contribution in [3.8, 4) is 0 Å². The van der Waals surface area contributed by atoms with Gasteiger partial charge in [-0.2, -0.15) is 0 Å². The van der Waals surface area contributed by atoms with Crippen molar-refractivity contribution < 1.29 is 0 Å². The van der Waals surface area contributed by atoms with E-state index in [1.54, 1.807) is 0 Å². The van der Waals surface area contributed by atoms with Crippen molar-refractivity contribution in [1.29, 1.82) is 0 Å². The number of aromatic nitrogens is 4. The van der Waals surface area contributed by atoms with Crippen molar-refractivity contribution in [3.63, 3.8) is 0 Å². The topological polar surface area (TPSA) is 55.6 Å². The van der Waals surface area contributed by atoms with Crippen LogP contribution < -0.4 is 5.32 Å². The van der Waals surface area contributed by atoms with Crippen molar-refractivity contribution in [1.82, 2.24) is 24.8 Å². The Hall–Kier alpha value is -2.53. The molecule has 26 heavy (non-hydrogen) atoms. The van der Waals surface area contributed by atoms with Gasteiger partial charge in [-0.3, -0.25) is 15.3 Å². The minimum absolute atomic E-state index is 0.272. The largest absolute Gasteiger partial charge is 0.333 e. The molecular formula is C21H25N5. The monoisotopic (exact) mass is 347 g/mol. The molecule has 0 unspecified atom stereocenters. The summed E-state index contributed by atoms with van der Waals surface area (Å²) in [4.78, 5) is 13.7. The van der Waals surface area contributed by atoms with Gasteiger partial charge in [0.05, 0.1) is 17.8 Å². The van der Waals surface area contributed by atoms with Gasteiger partial charge in [0.2, 0.25) is 0 Å². The quantitative estimate of drug-likeness (QED) is 0.763. The van der Waals surface area contributed by atoms with Gasteiger partial charge < -0.3 is 4.57 Å². The van der Waals surface area contributed by atoms with Crippen LogP contribution in [0.15, 0.2) is 55.1 Å². The van der Waals surface area contributed by atoms with Crippen LogP contribution in [-0.2, 0) is 13.0 Å². The number of imidazole rings is 1. The molecule has 1 aliphatic rings. The van der Waals surface area contributed by atoms with E-state index in [0.717, 1.165) is 37.3 Å². The van der Waals surface area contributed by atoms with Gasteiger partial charge >= 0.3 is 0 Å². The van der Waals surface area contributed by atoms with E-state index in [0.29, 0.717) is 6.04 Å². The van der Waals surface area contributed by atoms with Crippen LogP contribution in [0.3, 0.4) is 0 Å². The summed E-state index contributed by atoms with van der Waals surface area (Å²) < 4.78 is 2.26. The van der Waals surface area contributed by atoms with E-state index in [9.17, 15) is 0 Å². The van der Waals surface area contributed by atoms with Gasteiger partial charge in [-0.1, -0.05) is 12.1 Å². The summed E-state index contributed by atoms with van der Waals surface area (Å²) in [6.07, 6.45) is 12.1. The SMILES string of the molecule is Cc1cccnc1[C@@H]1CCC[C@H](c2nccn2CCc2ccccn2)N1. The molecule has 3 aromatic heterocycles. The zero-order valence-electron chi connectivity index (χ0n) is 15.2. The van der Waals surface area contributed by atoms with Crippen LogP contribution in [0.1, 0.15) is 54.1 Å². The standard InChI is InChI=1S/C21H25N5/c1-16-6-5-12-23-20(16)18-8-4-9-19(25-18)21-24-13-15-26(21)14-10-17-7-2-3-11-22-17/h2-3,5-7,11-13,15,18-19,25H,4,8-10,14H2,1H3/t18-,19+/m0/s1. The molecule has 2 atom stereocenters. The lowest BCUT2D eigenvalue weighted by molar-refractivity contribution is 0.308. The third-order valence-corrected chi connectivity index (χ3v) is 5.16. The van der Waals surface area contributed by atoms with E-state index in [1.807, 2.05) is 36.8 Å². The lowest BCUT2D eigenvalue weighted by Crippen LogP contribution is -2.33. The molecule has 0 bridgehead atoms. The number of rotatable bonds is 5. The van der Waals surface area contributed by atoms with Crippen LogP contribution in [-0.4, -0.2) is 19.5 Å². The third-order valence-electron chi connectivity index (χ3n) is 5.16. The summed E-state index contributed by atoms with van der Waals surface area (Å²) in [5, 5.41) is 3.79. The van der Waals surface area contributed by atoms with Crippen LogP contribution in [0.2, 0.25) is 0 Å². The predicted molar refractivity (Wildman–Crippen MR) is 102 cm³/mol. The highest BCUT2D eigenvalue weighted by molar-refractivity contribution is 5.22. The molecule has 0 spiro atoms. The molecule has 0 saturated carbocycles.